The van der Waals surface area contributed by atoms with E-state index in [1.807, 2.05) is 0 Å². The Morgan fingerprint density at radius 2 is 2.23 bits per heavy atom. The van der Waals surface area contributed by atoms with Crippen LogP contribution in [-0.4, -0.2) is 19.2 Å². The summed E-state index contributed by atoms with van der Waals surface area (Å²) >= 11 is 5.85. The van der Waals surface area contributed by atoms with Gasteiger partial charge in [0.25, 0.3) is 0 Å². The lowest BCUT2D eigenvalue weighted by Gasteiger charge is -2.04. The summed E-state index contributed by atoms with van der Waals surface area (Å²) in [6.45, 7) is 0. The van der Waals surface area contributed by atoms with Crippen LogP contribution in [0.5, 0.6) is 5.75 Å². The van der Waals surface area contributed by atoms with Crippen LogP contribution in [0.25, 0.3) is 6.08 Å². The topological polar surface area (TPSA) is 31.4 Å². The predicted octanol–water partition coefficient (Wildman–Crippen LogP) is 2.36. The Labute approximate surface area is 82.0 Å². The lowest BCUT2D eigenvalue weighted by molar-refractivity contribution is 0.341. The smallest absolute Gasteiger partial charge is 0.140 e. The van der Waals surface area contributed by atoms with E-state index >= 15 is 0 Å². The molecule has 0 fully saturated rings. The van der Waals surface area contributed by atoms with Crippen LogP contribution in [0.4, 0.5) is 0 Å². The number of hydrogen-bond acceptors (Lipinski definition) is 3. The van der Waals surface area contributed by atoms with Crippen molar-refractivity contribution in [3.8, 4) is 5.75 Å². The zero-order chi connectivity index (χ0) is 9.68. The summed E-state index contributed by atoms with van der Waals surface area (Å²) in [5, 5.41) is 0.396. The third kappa shape index (κ3) is 2.36. The Morgan fingerprint density at radius 3 is 2.85 bits per heavy atom. The highest BCUT2D eigenvalue weighted by Crippen LogP contribution is 2.25. The highest BCUT2D eigenvalue weighted by molar-refractivity contribution is 6.31. The molecule has 3 nitrogen and oxygen atoms in total. The van der Waals surface area contributed by atoms with Crippen molar-refractivity contribution in [3.05, 3.63) is 29.2 Å². The van der Waals surface area contributed by atoms with E-state index < -0.39 is 0 Å². The number of ether oxygens (including phenoxy) is 2. The molecule has 0 aliphatic heterocycles. The van der Waals surface area contributed by atoms with Crippen LogP contribution in [0.3, 0.4) is 0 Å². The zero-order valence-corrected chi connectivity index (χ0v) is 8.21. The minimum atomic E-state index is 0.396. The lowest BCUT2D eigenvalue weighted by Crippen LogP contribution is -1.89. The third-order valence-corrected chi connectivity index (χ3v) is 1.79. The van der Waals surface area contributed by atoms with Crippen molar-refractivity contribution in [1.29, 1.82) is 0 Å². The molecule has 0 amide bonds. The third-order valence-electron chi connectivity index (χ3n) is 1.49. The fourth-order valence-electron chi connectivity index (χ4n) is 0.896. The highest BCUT2D eigenvalue weighted by atomic mass is 35.5. The number of hydrogen-bond donors (Lipinski definition) is 0. The van der Waals surface area contributed by atoms with E-state index in [1.165, 1.54) is 6.26 Å². The molecule has 0 radical (unpaired) electrons. The molecular weight excluding hydrogens is 190 g/mol. The van der Waals surface area contributed by atoms with E-state index in [0.29, 0.717) is 16.5 Å². The molecule has 0 spiro atoms. The largest absolute Gasteiger partial charge is 0.504 e. The molecular formula is C9H10ClNO2. The fraction of sp³-hybridized carbons (Fsp3) is 0.222. The normalized spacial score (nSPS) is 10.4. The second kappa shape index (κ2) is 4.72. The van der Waals surface area contributed by atoms with E-state index in [0.717, 1.165) is 0 Å². The van der Waals surface area contributed by atoms with Gasteiger partial charge in [-0.1, -0.05) is 11.6 Å². The summed E-state index contributed by atoms with van der Waals surface area (Å²) in [7, 11) is 3.14. The Bertz CT molecular complexity index is 312. The van der Waals surface area contributed by atoms with E-state index in [1.54, 1.807) is 32.6 Å². The van der Waals surface area contributed by atoms with Gasteiger partial charge >= 0.3 is 0 Å². The molecule has 0 unspecified atom stereocenters. The Kier molecular flexibility index (Phi) is 3.58. The molecule has 0 N–H and O–H groups in total. The second-order valence-corrected chi connectivity index (χ2v) is 2.61. The standard InChI is InChI=1S/C9H10ClNO2/c1-12-6-4-7-8(13-2)3-5-11-9(7)10/h3-6H,1-2H3. The fourth-order valence-corrected chi connectivity index (χ4v) is 1.11. The van der Waals surface area contributed by atoms with Gasteiger partial charge in [0, 0.05) is 6.20 Å². The Morgan fingerprint density at radius 1 is 1.46 bits per heavy atom. The molecule has 1 aromatic heterocycles. The molecule has 13 heavy (non-hydrogen) atoms. The van der Waals surface area contributed by atoms with Crippen molar-refractivity contribution in [2.45, 2.75) is 0 Å². The van der Waals surface area contributed by atoms with Gasteiger partial charge in [0.1, 0.15) is 10.9 Å². The Balaban J connectivity index is 3.07. The van der Waals surface area contributed by atoms with Gasteiger partial charge in [-0.05, 0) is 12.1 Å². The SMILES string of the molecule is COC=Cc1c(OC)ccnc1Cl. The van der Waals surface area contributed by atoms with Gasteiger partial charge in [0.15, 0.2) is 0 Å². The van der Waals surface area contributed by atoms with Crippen molar-refractivity contribution in [3.63, 3.8) is 0 Å². The van der Waals surface area contributed by atoms with Gasteiger partial charge < -0.3 is 9.47 Å². The number of methoxy groups -OCH3 is 2. The first kappa shape index (κ1) is 9.86. The summed E-state index contributed by atoms with van der Waals surface area (Å²) < 4.78 is 9.87. The average molecular weight is 200 g/mol. The Hall–Kier alpha value is -1.22. The van der Waals surface area contributed by atoms with Crippen molar-refractivity contribution in [2.75, 3.05) is 14.2 Å². The van der Waals surface area contributed by atoms with Crippen molar-refractivity contribution in [1.82, 2.24) is 4.98 Å². The molecule has 1 aromatic rings. The van der Waals surface area contributed by atoms with Crippen molar-refractivity contribution in [2.24, 2.45) is 0 Å². The molecule has 70 valence electrons. The molecule has 1 rings (SSSR count). The van der Waals surface area contributed by atoms with Gasteiger partial charge in [-0.2, -0.15) is 0 Å². The van der Waals surface area contributed by atoms with E-state index in [9.17, 15) is 0 Å². The summed E-state index contributed by atoms with van der Waals surface area (Å²) in [6, 6.07) is 1.74. The van der Waals surface area contributed by atoms with E-state index in [4.69, 9.17) is 21.1 Å². The first-order chi connectivity index (χ1) is 6.29. The van der Waals surface area contributed by atoms with Crippen LogP contribution >= 0.6 is 11.6 Å². The first-order valence-electron chi connectivity index (χ1n) is 3.67. The quantitative estimate of drug-likeness (QED) is 0.553. The molecule has 0 aliphatic rings. The van der Waals surface area contributed by atoms with Gasteiger partial charge in [-0.3, -0.25) is 0 Å². The van der Waals surface area contributed by atoms with Crippen LogP contribution in [0, 0.1) is 0 Å². The predicted molar refractivity (Wildman–Crippen MR) is 51.8 cm³/mol. The number of pyridine rings is 1. The van der Waals surface area contributed by atoms with Crippen LogP contribution in [0.1, 0.15) is 5.56 Å². The molecule has 0 saturated carbocycles. The number of aromatic nitrogens is 1. The summed E-state index contributed by atoms with van der Waals surface area (Å²) in [6.07, 6.45) is 4.81. The zero-order valence-electron chi connectivity index (χ0n) is 7.45. The molecule has 0 saturated heterocycles. The molecule has 0 aromatic carbocycles. The van der Waals surface area contributed by atoms with E-state index in [2.05, 4.69) is 4.98 Å². The van der Waals surface area contributed by atoms with E-state index in [-0.39, 0.29) is 0 Å². The van der Waals surface area contributed by atoms with Crippen LogP contribution in [-0.2, 0) is 4.74 Å². The maximum atomic E-state index is 5.85. The van der Waals surface area contributed by atoms with Gasteiger partial charge in [-0.25, -0.2) is 4.98 Å². The average Bonchev–Trinajstić information content (AvgIpc) is 2.15. The van der Waals surface area contributed by atoms with Gasteiger partial charge in [0.2, 0.25) is 0 Å². The van der Waals surface area contributed by atoms with Gasteiger partial charge in [0.05, 0.1) is 26.0 Å². The minimum Gasteiger partial charge on any atom is -0.504 e. The number of nitrogens with zero attached hydrogens (tertiary/aromatic N) is 1. The van der Waals surface area contributed by atoms with Crippen molar-refractivity contribution >= 4 is 17.7 Å². The van der Waals surface area contributed by atoms with Crippen molar-refractivity contribution < 1.29 is 9.47 Å². The number of halogens is 1. The first-order valence-corrected chi connectivity index (χ1v) is 4.05. The number of rotatable bonds is 3. The summed E-state index contributed by atoms with van der Waals surface area (Å²) in [5.74, 6) is 0.674. The second-order valence-electron chi connectivity index (χ2n) is 2.26. The molecule has 4 heteroatoms. The molecule has 1 heterocycles. The summed E-state index contributed by atoms with van der Waals surface area (Å²) in [5.41, 5.74) is 0.716. The lowest BCUT2D eigenvalue weighted by atomic mass is 10.2. The summed E-state index contributed by atoms with van der Waals surface area (Å²) in [4.78, 5) is 3.92. The van der Waals surface area contributed by atoms with Crippen LogP contribution in [0.2, 0.25) is 5.15 Å². The maximum Gasteiger partial charge on any atom is 0.140 e. The van der Waals surface area contributed by atoms with Gasteiger partial charge in [-0.15, -0.1) is 0 Å². The maximum absolute atomic E-state index is 5.85. The monoisotopic (exact) mass is 199 g/mol. The van der Waals surface area contributed by atoms with Crippen LogP contribution in [0.15, 0.2) is 18.5 Å². The highest BCUT2D eigenvalue weighted by Gasteiger charge is 2.04. The van der Waals surface area contributed by atoms with Crippen LogP contribution < -0.4 is 4.74 Å². The molecule has 0 bridgehead atoms. The molecule has 0 atom stereocenters. The molecule has 0 aliphatic carbocycles. The minimum absolute atomic E-state index is 0.396.